The number of halogens is 1. The fourth-order valence-electron chi connectivity index (χ4n) is 2.16. The smallest absolute Gasteiger partial charge is 0.407 e. The molecule has 0 saturated carbocycles. The Hall–Kier alpha value is -1.26. The van der Waals surface area contributed by atoms with Gasteiger partial charge in [0.05, 0.1) is 6.10 Å². The lowest BCUT2D eigenvalue weighted by atomic mass is 10.0. The fraction of sp³-hybridized carbons (Fsp3) is 0.588. The van der Waals surface area contributed by atoms with E-state index in [2.05, 4.69) is 5.32 Å². The number of alkyl carbamates (subject to hydrolysis) is 1. The number of hydrogen-bond acceptors (Lipinski definition) is 3. The first kappa shape index (κ1) is 18.8. The van der Waals surface area contributed by atoms with Crippen molar-refractivity contribution < 1.29 is 14.6 Å². The van der Waals surface area contributed by atoms with Gasteiger partial charge in [-0.2, -0.15) is 0 Å². The van der Waals surface area contributed by atoms with Crippen LogP contribution >= 0.6 is 11.6 Å². The van der Waals surface area contributed by atoms with E-state index in [0.29, 0.717) is 12.8 Å². The number of aryl methyl sites for hydroxylation is 1. The molecule has 1 amide bonds. The number of carbonyl (C=O) groups is 1. The van der Waals surface area contributed by atoms with Crippen LogP contribution in [0.1, 0.15) is 45.2 Å². The molecule has 0 aliphatic heterocycles. The first-order chi connectivity index (χ1) is 10.1. The van der Waals surface area contributed by atoms with Gasteiger partial charge >= 0.3 is 6.09 Å². The zero-order chi connectivity index (χ0) is 16.9. The molecule has 0 heterocycles. The third-order valence-electron chi connectivity index (χ3n) is 3.08. The maximum Gasteiger partial charge on any atom is 0.407 e. The van der Waals surface area contributed by atoms with Crippen LogP contribution in [0.15, 0.2) is 18.2 Å². The van der Waals surface area contributed by atoms with Gasteiger partial charge in [0.2, 0.25) is 0 Å². The van der Waals surface area contributed by atoms with Gasteiger partial charge in [0.15, 0.2) is 0 Å². The molecule has 0 saturated heterocycles. The van der Waals surface area contributed by atoms with Crippen molar-refractivity contribution in [2.24, 2.45) is 0 Å². The van der Waals surface area contributed by atoms with Crippen LogP contribution in [0.25, 0.3) is 0 Å². The van der Waals surface area contributed by atoms with Crippen LogP contribution < -0.4 is 5.32 Å². The molecule has 0 radical (unpaired) electrons. The molecule has 4 nitrogen and oxygen atoms in total. The average molecular weight is 328 g/mol. The van der Waals surface area contributed by atoms with Crippen LogP contribution in [-0.2, 0) is 11.2 Å². The Labute approximate surface area is 137 Å². The zero-order valence-corrected chi connectivity index (χ0v) is 14.7. The van der Waals surface area contributed by atoms with Crippen LogP contribution in [0.2, 0.25) is 5.02 Å². The molecule has 2 N–H and O–H groups in total. The molecule has 0 fully saturated rings. The van der Waals surface area contributed by atoms with E-state index in [1.165, 1.54) is 0 Å². The Morgan fingerprint density at radius 1 is 1.41 bits per heavy atom. The molecule has 1 aromatic rings. The molecule has 1 unspecified atom stereocenters. The minimum atomic E-state index is -0.537. The molecule has 124 valence electrons. The molecule has 0 aromatic heterocycles. The molecular formula is C17H26ClNO3. The predicted octanol–water partition coefficient (Wildman–Crippen LogP) is 3.86. The van der Waals surface area contributed by atoms with E-state index in [1.54, 1.807) is 0 Å². The van der Waals surface area contributed by atoms with Crippen LogP contribution in [0.4, 0.5) is 4.79 Å². The summed E-state index contributed by atoms with van der Waals surface area (Å²) in [5.74, 6) is 0. The van der Waals surface area contributed by atoms with Gasteiger partial charge in [-0.05, 0) is 64.7 Å². The Balaban J connectivity index is 2.45. The molecular weight excluding hydrogens is 302 g/mol. The molecule has 0 aliphatic carbocycles. The standard InChI is InChI=1S/C17H26ClNO3/c1-11-8-13(6-7-15(11)18)10-14(20)9-12(2)19-16(21)22-17(3,4)5/h6-8,12,14,20H,9-10H2,1-5H3,(H,19,21)/t12-,14?/m0/s1. The first-order valence-corrected chi connectivity index (χ1v) is 7.87. The minimum absolute atomic E-state index is 0.168. The van der Waals surface area contributed by atoms with E-state index < -0.39 is 17.8 Å². The third kappa shape index (κ3) is 7.14. The van der Waals surface area contributed by atoms with E-state index in [4.69, 9.17) is 16.3 Å². The summed E-state index contributed by atoms with van der Waals surface area (Å²) < 4.78 is 5.19. The minimum Gasteiger partial charge on any atom is -0.444 e. The third-order valence-corrected chi connectivity index (χ3v) is 3.51. The highest BCUT2D eigenvalue weighted by molar-refractivity contribution is 6.31. The van der Waals surface area contributed by atoms with Crippen molar-refractivity contribution in [3.63, 3.8) is 0 Å². The number of nitrogens with one attached hydrogen (secondary N) is 1. The number of aliphatic hydroxyl groups is 1. The fourth-order valence-corrected chi connectivity index (χ4v) is 2.28. The van der Waals surface area contributed by atoms with Gasteiger partial charge in [-0.25, -0.2) is 4.79 Å². The van der Waals surface area contributed by atoms with Gasteiger partial charge in [0, 0.05) is 11.1 Å². The Bertz CT molecular complexity index is 511. The Morgan fingerprint density at radius 3 is 2.59 bits per heavy atom. The monoisotopic (exact) mass is 327 g/mol. The lowest BCUT2D eigenvalue weighted by Gasteiger charge is -2.23. The summed E-state index contributed by atoms with van der Waals surface area (Å²) in [4.78, 5) is 11.7. The number of amides is 1. The molecule has 1 rings (SSSR count). The van der Waals surface area contributed by atoms with Gasteiger partial charge in [-0.3, -0.25) is 0 Å². The second-order valence-corrected chi connectivity index (χ2v) is 7.13. The summed E-state index contributed by atoms with van der Waals surface area (Å²) in [5, 5.41) is 13.6. The highest BCUT2D eigenvalue weighted by Gasteiger charge is 2.19. The number of carbonyl (C=O) groups excluding carboxylic acids is 1. The molecule has 0 aliphatic rings. The first-order valence-electron chi connectivity index (χ1n) is 7.49. The maximum atomic E-state index is 11.7. The number of rotatable bonds is 5. The highest BCUT2D eigenvalue weighted by atomic mass is 35.5. The summed E-state index contributed by atoms with van der Waals surface area (Å²) in [6.45, 7) is 9.23. The zero-order valence-electron chi connectivity index (χ0n) is 13.9. The SMILES string of the molecule is Cc1cc(CC(O)C[C@H](C)NC(=O)OC(C)(C)C)ccc1Cl. The van der Waals surface area contributed by atoms with Crippen molar-refractivity contribution in [3.8, 4) is 0 Å². The van der Waals surface area contributed by atoms with Crippen molar-refractivity contribution in [3.05, 3.63) is 34.3 Å². The van der Waals surface area contributed by atoms with E-state index in [1.807, 2.05) is 52.8 Å². The number of ether oxygens (including phenoxy) is 1. The summed E-state index contributed by atoms with van der Waals surface area (Å²) in [6.07, 6.45) is -0.0146. The largest absolute Gasteiger partial charge is 0.444 e. The number of aliphatic hydroxyl groups excluding tert-OH is 1. The average Bonchev–Trinajstić information content (AvgIpc) is 2.30. The van der Waals surface area contributed by atoms with Gasteiger partial charge in [-0.15, -0.1) is 0 Å². The Kier molecular flexibility index (Phi) is 6.69. The van der Waals surface area contributed by atoms with Gasteiger partial charge in [0.25, 0.3) is 0 Å². The predicted molar refractivity (Wildman–Crippen MR) is 89.3 cm³/mol. The second kappa shape index (κ2) is 7.84. The van der Waals surface area contributed by atoms with Crippen LogP contribution in [0.3, 0.4) is 0 Å². The quantitative estimate of drug-likeness (QED) is 0.863. The maximum absolute atomic E-state index is 11.7. The van der Waals surface area contributed by atoms with E-state index in [-0.39, 0.29) is 6.04 Å². The van der Waals surface area contributed by atoms with E-state index >= 15 is 0 Å². The molecule has 2 atom stereocenters. The van der Waals surface area contributed by atoms with Crippen molar-refractivity contribution in [1.82, 2.24) is 5.32 Å². The summed E-state index contributed by atoms with van der Waals surface area (Å²) in [5.41, 5.74) is 1.49. The van der Waals surface area contributed by atoms with Gasteiger partial charge < -0.3 is 15.2 Å². The number of benzene rings is 1. The van der Waals surface area contributed by atoms with Crippen molar-refractivity contribution in [2.45, 2.75) is 65.2 Å². The molecule has 1 aromatic carbocycles. The van der Waals surface area contributed by atoms with Crippen LogP contribution in [0.5, 0.6) is 0 Å². The summed E-state index contributed by atoms with van der Waals surface area (Å²) in [7, 11) is 0. The highest BCUT2D eigenvalue weighted by Crippen LogP contribution is 2.18. The molecule has 0 bridgehead atoms. The van der Waals surface area contributed by atoms with Gasteiger partial charge in [0.1, 0.15) is 5.60 Å². The van der Waals surface area contributed by atoms with Crippen molar-refractivity contribution in [2.75, 3.05) is 0 Å². The molecule has 22 heavy (non-hydrogen) atoms. The molecule has 5 heteroatoms. The van der Waals surface area contributed by atoms with Crippen LogP contribution in [0, 0.1) is 6.92 Å². The lowest BCUT2D eigenvalue weighted by Crippen LogP contribution is -2.39. The van der Waals surface area contributed by atoms with Crippen LogP contribution in [-0.4, -0.2) is 28.9 Å². The van der Waals surface area contributed by atoms with Crippen molar-refractivity contribution >= 4 is 17.7 Å². The van der Waals surface area contributed by atoms with Gasteiger partial charge in [-0.1, -0.05) is 23.7 Å². The Morgan fingerprint density at radius 2 is 2.05 bits per heavy atom. The molecule has 0 spiro atoms. The normalized spacial score (nSPS) is 14.3. The van der Waals surface area contributed by atoms with Crippen molar-refractivity contribution in [1.29, 1.82) is 0 Å². The van der Waals surface area contributed by atoms with E-state index in [9.17, 15) is 9.90 Å². The summed E-state index contributed by atoms with van der Waals surface area (Å²) in [6, 6.07) is 5.54. The van der Waals surface area contributed by atoms with E-state index in [0.717, 1.165) is 16.1 Å². The topological polar surface area (TPSA) is 58.6 Å². The second-order valence-electron chi connectivity index (χ2n) is 6.72. The lowest BCUT2D eigenvalue weighted by molar-refractivity contribution is 0.0490. The number of hydrogen-bond donors (Lipinski definition) is 2. The summed E-state index contributed by atoms with van der Waals surface area (Å²) >= 11 is 5.99.